The molecule has 4 nitrogen and oxygen atoms in total. The summed E-state index contributed by atoms with van der Waals surface area (Å²) in [7, 11) is 0. The number of likely N-dealkylation sites (N-methyl/N-ethyl adjacent to an activating group) is 1. The van der Waals surface area contributed by atoms with Crippen molar-refractivity contribution in [1.82, 2.24) is 14.9 Å². The molecular weight excluding hydrogens is 319 g/mol. The van der Waals surface area contributed by atoms with Gasteiger partial charge in [0.05, 0.1) is 5.56 Å². The molecular formula is C17H18F3N3O. The lowest BCUT2D eigenvalue weighted by molar-refractivity contribution is -0.137. The number of carbonyl (C=O) groups is 1. The number of nitrogens with zero attached hydrogens (tertiary/aromatic N) is 3. The summed E-state index contributed by atoms with van der Waals surface area (Å²) in [4.78, 5) is 22.0. The Morgan fingerprint density at radius 3 is 2.38 bits per heavy atom. The predicted octanol–water partition coefficient (Wildman–Crippen LogP) is 3.51. The molecule has 128 valence electrons. The van der Waals surface area contributed by atoms with Gasteiger partial charge in [-0.25, -0.2) is 9.97 Å². The molecule has 1 aromatic heterocycles. The summed E-state index contributed by atoms with van der Waals surface area (Å²) in [6.07, 6.45) is -2.52. The molecule has 0 aliphatic carbocycles. The van der Waals surface area contributed by atoms with E-state index in [2.05, 4.69) is 9.97 Å². The van der Waals surface area contributed by atoms with E-state index in [9.17, 15) is 18.0 Å². The summed E-state index contributed by atoms with van der Waals surface area (Å²) < 4.78 is 37.6. The van der Waals surface area contributed by atoms with Gasteiger partial charge in [0.2, 0.25) is 0 Å². The summed E-state index contributed by atoms with van der Waals surface area (Å²) in [5.41, 5.74) is 1.09. The zero-order valence-corrected chi connectivity index (χ0v) is 13.5. The molecule has 1 amide bonds. The molecule has 0 spiro atoms. The molecule has 0 radical (unpaired) electrons. The highest BCUT2D eigenvalue weighted by molar-refractivity contribution is 5.92. The van der Waals surface area contributed by atoms with Crippen molar-refractivity contribution in [3.63, 3.8) is 0 Å². The Bertz CT molecular complexity index is 699. The maximum absolute atomic E-state index is 12.5. The average Bonchev–Trinajstić information content (AvgIpc) is 2.55. The third kappa shape index (κ3) is 4.53. The fourth-order valence-corrected chi connectivity index (χ4v) is 2.26. The Labute approximate surface area is 138 Å². The molecule has 7 heteroatoms. The minimum absolute atomic E-state index is 0.213. The van der Waals surface area contributed by atoms with Crippen LogP contribution in [0.15, 0.2) is 36.7 Å². The summed E-state index contributed by atoms with van der Waals surface area (Å²) in [6, 6.07) is 6.61. The third-order valence-electron chi connectivity index (χ3n) is 3.64. The predicted molar refractivity (Wildman–Crippen MR) is 83.5 cm³/mol. The maximum atomic E-state index is 12.5. The molecule has 24 heavy (non-hydrogen) atoms. The van der Waals surface area contributed by atoms with Crippen molar-refractivity contribution in [2.45, 2.75) is 26.4 Å². The van der Waals surface area contributed by atoms with E-state index in [0.29, 0.717) is 30.9 Å². The second-order valence-corrected chi connectivity index (χ2v) is 5.37. The van der Waals surface area contributed by atoms with Crippen LogP contribution in [0.5, 0.6) is 0 Å². The lowest BCUT2D eigenvalue weighted by Crippen LogP contribution is -2.33. The fraction of sp³-hybridized carbons (Fsp3) is 0.353. The number of hydrogen-bond acceptors (Lipinski definition) is 3. The normalized spacial score (nSPS) is 11.4. The number of benzene rings is 1. The van der Waals surface area contributed by atoms with Gasteiger partial charge in [-0.1, -0.05) is 12.1 Å². The van der Waals surface area contributed by atoms with Crippen molar-refractivity contribution in [2.24, 2.45) is 0 Å². The van der Waals surface area contributed by atoms with Crippen LogP contribution in [-0.4, -0.2) is 33.9 Å². The molecule has 0 unspecified atom stereocenters. The molecule has 0 fully saturated rings. The van der Waals surface area contributed by atoms with E-state index in [1.54, 1.807) is 17.9 Å². The van der Waals surface area contributed by atoms with Gasteiger partial charge in [0.25, 0.3) is 5.91 Å². The average molecular weight is 337 g/mol. The number of amides is 1. The number of hydrogen-bond donors (Lipinski definition) is 0. The molecule has 1 heterocycles. The number of aryl methyl sites for hydroxylation is 1. The topological polar surface area (TPSA) is 46.1 Å². The van der Waals surface area contributed by atoms with E-state index >= 15 is 0 Å². The van der Waals surface area contributed by atoms with Crippen LogP contribution in [0.2, 0.25) is 0 Å². The van der Waals surface area contributed by atoms with Crippen molar-refractivity contribution in [3.05, 3.63) is 59.2 Å². The summed E-state index contributed by atoms with van der Waals surface area (Å²) in [5.74, 6) is -0.213. The van der Waals surface area contributed by atoms with Crippen LogP contribution in [0.4, 0.5) is 13.2 Å². The van der Waals surface area contributed by atoms with Gasteiger partial charge < -0.3 is 4.90 Å². The second kappa shape index (κ2) is 7.42. The second-order valence-electron chi connectivity index (χ2n) is 5.37. The lowest BCUT2D eigenvalue weighted by atomic mass is 10.1. The quantitative estimate of drug-likeness (QED) is 0.839. The van der Waals surface area contributed by atoms with E-state index in [0.717, 1.165) is 17.7 Å². The Morgan fingerprint density at radius 1 is 1.17 bits per heavy atom. The van der Waals surface area contributed by atoms with Gasteiger partial charge in [0, 0.05) is 18.8 Å². The third-order valence-corrected chi connectivity index (χ3v) is 3.64. The van der Waals surface area contributed by atoms with Gasteiger partial charge in [0.15, 0.2) is 0 Å². The molecule has 0 saturated carbocycles. The van der Waals surface area contributed by atoms with Crippen molar-refractivity contribution >= 4 is 5.91 Å². The van der Waals surface area contributed by atoms with Gasteiger partial charge in [-0.3, -0.25) is 4.79 Å². The van der Waals surface area contributed by atoms with Crippen LogP contribution in [0.3, 0.4) is 0 Å². The Kier molecular flexibility index (Phi) is 5.54. The number of carbonyl (C=O) groups excluding carboxylic acids is 1. The minimum Gasteiger partial charge on any atom is -0.337 e. The number of alkyl halides is 3. The van der Waals surface area contributed by atoms with Crippen molar-refractivity contribution < 1.29 is 18.0 Å². The van der Waals surface area contributed by atoms with Crippen LogP contribution in [0, 0.1) is 6.92 Å². The Hall–Kier alpha value is -2.44. The van der Waals surface area contributed by atoms with Crippen LogP contribution >= 0.6 is 0 Å². The molecule has 1 aromatic carbocycles. The Balaban J connectivity index is 2.02. The summed E-state index contributed by atoms with van der Waals surface area (Å²) in [6.45, 7) is 4.52. The Morgan fingerprint density at radius 2 is 1.83 bits per heavy atom. The molecule has 0 bridgehead atoms. The van der Waals surface area contributed by atoms with Crippen molar-refractivity contribution in [3.8, 4) is 0 Å². The van der Waals surface area contributed by atoms with Gasteiger partial charge >= 0.3 is 6.18 Å². The van der Waals surface area contributed by atoms with Gasteiger partial charge in [0.1, 0.15) is 12.0 Å². The molecule has 0 N–H and O–H groups in total. The minimum atomic E-state index is -4.34. The van der Waals surface area contributed by atoms with Crippen molar-refractivity contribution in [1.29, 1.82) is 0 Å². The SMILES string of the molecule is CCN(CCc1ccc(C(F)(F)F)cc1)C(=O)c1cc(C)ncn1. The standard InChI is InChI=1S/C17H18F3N3O/c1-3-23(16(24)15-10-12(2)21-11-22-15)9-8-13-4-6-14(7-5-13)17(18,19)20/h4-7,10-11H,3,8-9H2,1-2H3. The smallest absolute Gasteiger partial charge is 0.337 e. The van der Waals surface area contributed by atoms with Crippen LogP contribution in [0.25, 0.3) is 0 Å². The van der Waals surface area contributed by atoms with Crippen LogP contribution < -0.4 is 0 Å². The monoisotopic (exact) mass is 337 g/mol. The molecule has 0 atom stereocenters. The highest BCUT2D eigenvalue weighted by atomic mass is 19.4. The number of aromatic nitrogens is 2. The van der Waals surface area contributed by atoms with Crippen LogP contribution in [0.1, 0.15) is 34.2 Å². The van der Waals surface area contributed by atoms with E-state index in [1.165, 1.54) is 18.5 Å². The first-order valence-corrected chi connectivity index (χ1v) is 7.55. The molecule has 0 aliphatic heterocycles. The number of rotatable bonds is 5. The molecule has 2 aromatic rings. The van der Waals surface area contributed by atoms with Crippen molar-refractivity contribution in [2.75, 3.05) is 13.1 Å². The molecule has 2 rings (SSSR count). The van der Waals surface area contributed by atoms with Gasteiger partial charge in [-0.2, -0.15) is 13.2 Å². The fourth-order valence-electron chi connectivity index (χ4n) is 2.26. The summed E-state index contributed by atoms with van der Waals surface area (Å²) >= 11 is 0. The van der Waals surface area contributed by atoms with E-state index in [-0.39, 0.29) is 5.91 Å². The molecule has 0 aliphatic rings. The largest absolute Gasteiger partial charge is 0.416 e. The van der Waals surface area contributed by atoms with Crippen LogP contribution in [-0.2, 0) is 12.6 Å². The first kappa shape index (κ1) is 17.9. The lowest BCUT2D eigenvalue weighted by Gasteiger charge is -2.20. The van der Waals surface area contributed by atoms with Gasteiger partial charge in [-0.05, 0) is 44.0 Å². The maximum Gasteiger partial charge on any atom is 0.416 e. The first-order chi connectivity index (χ1) is 11.3. The summed E-state index contributed by atoms with van der Waals surface area (Å²) in [5, 5.41) is 0. The van der Waals surface area contributed by atoms with Gasteiger partial charge in [-0.15, -0.1) is 0 Å². The van der Waals surface area contributed by atoms with E-state index < -0.39 is 11.7 Å². The first-order valence-electron chi connectivity index (χ1n) is 7.55. The van der Waals surface area contributed by atoms with E-state index in [4.69, 9.17) is 0 Å². The highest BCUT2D eigenvalue weighted by Gasteiger charge is 2.29. The highest BCUT2D eigenvalue weighted by Crippen LogP contribution is 2.29. The van der Waals surface area contributed by atoms with E-state index in [1.807, 2.05) is 6.92 Å². The zero-order chi connectivity index (χ0) is 17.7. The zero-order valence-electron chi connectivity index (χ0n) is 13.5. The number of halogens is 3. The molecule has 0 saturated heterocycles.